The number of anilines is 1. The molecule has 0 aliphatic carbocycles. The first-order chi connectivity index (χ1) is 6.85. The van der Waals surface area contributed by atoms with Crippen LogP contribution < -0.4 is 5.32 Å². The Bertz CT molecular complexity index is 471. The zero-order valence-electron chi connectivity index (χ0n) is 8.12. The average Bonchev–Trinajstić information content (AvgIpc) is 2.36. The summed E-state index contributed by atoms with van der Waals surface area (Å²) >= 11 is 2.92. The topological polar surface area (TPSA) is 29.1 Å². The summed E-state index contributed by atoms with van der Waals surface area (Å²) in [5, 5.41) is 2.35. The molecule has 0 atom stereocenters. The van der Waals surface area contributed by atoms with Crippen molar-refractivity contribution in [3.63, 3.8) is 0 Å². The lowest BCUT2D eigenvalue weighted by Crippen LogP contribution is -2.27. The van der Waals surface area contributed by atoms with E-state index in [1.807, 2.05) is 0 Å². The predicted molar refractivity (Wildman–Crippen MR) is 55.7 cm³/mol. The molecule has 1 aromatic carbocycles. The van der Waals surface area contributed by atoms with Gasteiger partial charge in [0, 0.05) is 5.56 Å². The molecule has 5 heteroatoms. The summed E-state index contributed by atoms with van der Waals surface area (Å²) in [6.07, 6.45) is 0. The van der Waals surface area contributed by atoms with Crippen molar-refractivity contribution < 1.29 is 13.6 Å². The molecule has 0 spiro atoms. The first kappa shape index (κ1) is 10.5. The van der Waals surface area contributed by atoms with Crippen molar-refractivity contribution in [2.45, 2.75) is 19.3 Å². The fourth-order valence-corrected chi connectivity index (χ4v) is 2.09. The number of benzene rings is 1. The molecular formula is C10H8BrF2NO. The van der Waals surface area contributed by atoms with E-state index in [0.29, 0.717) is 0 Å². The van der Waals surface area contributed by atoms with Crippen LogP contribution in [0.4, 0.5) is 14.5 Å². The summed E-state index contributed by atoms with van der Waals surface area (Å²) in [5.74, 6) is -1.61. The van der Waals surface area contributed by atoms with Crippen LogP contribution in [0.3, 0.4) is 0 Å². The van der Waals surface area contributed by atoms with Gasteiger partial charge in [0.25, 0.3) is 0 Å². The molecule has 2 rings (SSSR count). The molecule has 1 aliphatic heterocycles. The molecular weight excluding hydrogens is 268 g/mol. The Morgan fingerprint density at radius 2 is 2.00 bits per heavy atom. The zero-order chi connectivity index (χ0) is 11.4. The summed E-state index contributed by atoms with van der Waals surface area (Å²) in [4.78, 5) is 11.5. The van der Waals surface area contributed by atoms with E-state index < -0.39 is 23.0 Å². The van der Waals surface area contributed by atoms with Crippen LogP contribution in [0, 0.1) is 11.6 Å². The largest absolute Gasteiger partial charge is 0.322 e. The van der Waals surface area contributed by atoms with E-state index in [1.54, 1.807) is 13.8 Å². The Kier molecular flexibility index (Phi) is 2.12. The van der Waals surface area contributed by atoms with Gasteiger partial charge < -0.3 is 5.32 Å². The molecule has 15 heavy (non-hydrogen) atoms. The summed E-state index contributed by atoms with van der Waals surface area (Å²) in [5.41, 5.74) is -1.01. The van der Waals surface area contributed by atoms with E-state index in [1.165, 1.54) is 0 Å². The van der Waals surface area contributed by atoms with Gasteiger partial charge in [-0.25, -0.2) is 8.78 Å². The van der Waals surface area contributed by atoms with Crippen molar-refractivity contribution in [3.05, 3.63) is 27.7 Å². The number of rotatable bonds is 0. The van der Waals surface area contributed by atoms with Crippen molar-refractivity contribution >= 4 is 27.5 Å². The standard InChI is InChI=1S/C10H8BrF2NO/c1-10(2)6-7(13)4(11)3-5(12)8(6)14-9(10)15/h3H,1-2H3,(H,14,15). The Morgan fingerprint density at radius 1 is 1.40 bits per heavy atom. The fourth-order valence-electron chi connectivity index (χ4n) is 1.69. The molecule has 80 valence electrons. The van der Waals surface area contributed by atoms with Gasteiger partial charge in [-0.05, 0) is 35.8 Å². The van der Waals surface area contributed by atoms with Crippen LogP contribution in [0.1, 0.15) is 19.4 Å². The van der Waals surface area contributed by atoms with Crippen molar-refractivity contribution in [1.29, 1.82) is 0 Å². The molecule has 2 nitrogen and oxygen atoms in total. The van der Waals surface area contributed by atoms with E-state index in [4.69, 9.17) is 0 Å². The minimum absolute atomic E-state index is 0.0309. The fraction of sp³-hybridized carbons (Fsp3) is 0.300. The normalized spacial score (nSPS) is 17.5. The van der Waals surface area contributed by atoms with E-state index in [0.717, 1.165) is 6.07 Å². The number of amides is 1. The van der Waals surface area contributed by atoms with Crippen LogP contribution in [-0.4, -0.2) is 5.91 Å². The van der Waals surface area contributed by atoms with Crippen molar-refractivity contribution in [2.75, 3.05) is 5.32 Å². The number of fused-ring (bicyclic) bond motifs is 1. The molecule has 1 N–H and O–H groups in total. The van der Waals surface area contributed by atoms with Crippen LogP contribution in [-0.2, 0) is 10.2 Å². The molecule has 0 bridgehead atoms. The second kappa shape index (κ2) is 3.01. The maximum atomic E-state index is 13.7. The molecule has 1 heterocycles. The number of hydrogen-bond acceptors (Lipinski definition) is 1. The number of hydrogen-bond donors (Lipinski definition) is 1. The molecule has 0 aromatic heterocycles. The lowest BCUT2D eigenvalue weighted by Gasteiger charge is -2.16. The van der Waals surface area contributed by atoms with Gasteiger partial charge in [-0.1, -0.05) is 0 Å². The third-order valence-electron chi connectivity index (χ3n) is 2.60. The second-order valence-corrected chi connectivity index (χ2v) is 4.84. The highest BCUT2D eigenvalue weighted by atomic mass is 79.9. The Hall–Kier alpha value is -0.970. The first-order valence-corrected chi connectivity index (χ1v) is 5.14. The maximum Gasteiger partial charge on any atom is 0.234 e. The Balaban J connectivity index is 2.81. The summed E-state index contributed by atoms with van der Waals surface area (Å²) in [6.45, 7) is 3.12. The molecule has 1 amide bonds. The molecule has 0 radical (unpaired) electrons. The number of halogens is 3. The highest BCUT2D eigenvalue weighted by Crippen LogP contribution is 2.42. The molecule has 0 saturated carbocycles. The van der Waals surface area contributed by atoms with Gasteiger partial charge >= 0.3 is 0 Å². The highest BCUT2D eigenvalue weighted by Gasteiger charge is 2.43. The smallest absolute Gasteiger partial charge is 0.234 e. The number of nitrogens with one attached hydrogen (secondary N) is 1. The molecule has 1 aromatic rings. The van der Waals surface area contributed by atoms with Crippen LogP contribution in [0.25, 0.3) is 0 Å². The van der Waals surface area contributed by atoms with Gasteiger partial charge in [0.1, 0.15) is 11.6 Å². The first-order valence-electron chi connectivity index (χ1n) is 4.35. The van der Waals surface area contributed by atoms with Crippen molar-refractivity contribution in [3.8, 4) is 0 Å². The van der Waals surface area contributed by atoms with Crippen LogP contribution in [0.2, 0.25) is 0 Å². The van der Waals surface area contributed by atoms with Crippen LogP contribution in [0.5, 0.6) is 0 Å². The van der Waals surface area contributed by atoms with E-state index in [9.17, 15) is 13.6 Å². The molecule has 0 saturated heterocycles. The van der Waals surface area contributed by atoms with Crippen molar-refractivity contribution in [2.24, 2.45) is 0 Å². The monoisotopic (exact) mass is 275 g/mol. The average molecular weight is 276 g/mol. The SMILES string of the molecule is CC1(C)C(=O)Nc2c(F)cc(Br)c(F)c21. The third-order valence-corrected chi connectivity index (χ3v) is 3.18. The van der Waals surface area contributed by atoms with Gasteiger partial charge in [-0.15, -0.1) is 0 Å². The van der Waals surface area contributed by atoms with Crippen molar-refractivity contribution in [1.82, 2.24) is 0 Å². The van der Waals surface area contributed by atoms with Gasteiger partial charge in [0.2, 0.25) is 5.91 Å². The van der Waals surface area contributed by atoms with Gasteiger partial charge in [-0.3, -0.25) is 4.79 Å². The van der Waals surface area contributed by atoms with Gasteiger partial charge in [0.05, 0.1) is 15.6 Å². The van der Waals surface area contributed by atoms with Gasteiger partial charge in [-0.2, -0.15) is 0 Å². The highest BCUT2D eigenvalue weighted by molar-refractivity contribution is 9.10. The zero-order valence-corrected chi connectivity index (χ0v) is 9.71. The van der Waals surface area contributed by atoms with Crippen LogP contribution in [0.15, 0.2) is 10.5 Å². The molecule has 0 fully saturated rings. The minimum atomic E-state index is -1.04. The quantitative estimate of drug-likeness (QED) is 0.725. The second-order valence-electron chi connectivity index (χ2n) is 3.98. The van der Waals surface area contributed by atoms with Crippen LogP contribution >= 0.6 is 15.9 Å². The summed E-state index contributed by atoms with van der Waals surface area (Å²) in [6, 6.07) is 1.01. The number of carbonyl (C=O) groups excluding carboxylic acids is 1. The summed E-state index contributed by atoms with van der Waals surface area (Å²) < 4.78 is 27.2. The van der Waals surface area contributed by atoms with E-state index in [-0.39, 0.29) is 15.7 Å². The Morgan fingerprint density at radius 3 is 2.60 bits per heavy atom. The van der Waals surface area contributed by atoms with E-state index in [2.05, 4.69) is 21.2 Å². The van der Waals surface area contributed by atoms with E-state index >= 15 is 0 Å². The lowest BCUT2D eigenvalue weighted by atomic mass is 9.86. The predicted octanol–water partition coefficient (Wildman–Crippen LogP) is 2.96. The third kappa shape index (κ3) is 1.29. The lowest BCUT2D eigenvalue weighted by molar-refractivity contribution is -0.119. The minimum Gasteiger partial charge on any atom is -0.322 e. The molecule has 0 unspecified atom stereocenters. The maximum absolute atomic E-state index is 13.7. The summed E-state index contributed by atoms with van der Waals surface area (Å²) in [7, 11) is 0. The van der Waals surface area contributed by atoms with Gasteiger partial charge in [0.15, 0.2) is 0 Å². The number of carbonyl (C=O) groups is 1. The Labute approximate surface area is 93.8 Å². The molecule has 1 aliphatic rings.